The summed E-state index contributed by atoms with van der Waals surface area (Å²) in [4.78, 5) is 14.5. The summed E-state index contributed by atoms with van der Waals surface area (Å²) in [6.07, 6.45) is 14.2. The standard InChI is InChI=1S/C16H28N2O/c1-2-13-18(15-11-7-4-8-12-15)16(19)17-14-9-5-3-6-10-14/h2,14-15H,1,3-13H2,(H,17,19). The summed E-state index contributed by atoms with van der Waals surface area (Å²) in [5.74, 6) is 0. The van der Waals surface area contributed by atoms with Gasteiger partial charge in [0.25, 0.3) is 0 Å². The topological polar surface area (TPSA) is 32.3 Å². The molecule has 108 valence electrons. The first-order valence-electron chi connectivity index (χ1n) is 7.99. The van der Waals surface area contributed by atoms with Crippen molar-refractivity contribution in [3.8, 4) is 0 Å². The van der Waals surface area contributed by atoms with Crippen molar-refractivity contribution >= 4 is 6.03 Å². The van der Waals surface area contributed by atoms with E-state index in [0.29, 0.717) is 18.6 Å². The molecule has 0 aromatic carbocycles. The average molecular weight is 264 g/mol. The molecule has 2 amide bonds. The summed E-state index contributed by atoms with van der Waals surface area (Å²) in [6, 6.07) is 0.964. The fourth-order valence-electron chi connectivity index (χ4n) is 3.43. The van der Waals surface area contributed by atoms with Gasteiger partial charge in [0.1, 0.15) is 0 Å². The second kappa shape index (κ2) is 7.56. The number of amides is 2. The van der Waals surface area contributed by atoms with Crippen LogP contribution in [-0.2, 0) is 0 Å². The van der Waals surface area contributed by atoms with Gasteiger partial charge in [0, 0.05) is 18.6 Å². The number of carbonyl (C=O) groups is 1. The zero-order valence-electron chi connectivity index (χ0n) is 12.1. The van der Waals surface area contributed by atoms with Crippen molar-refractivity contribution in [1.29, 1.82) is 0 Å². The van der Waals surface area contributed by atoms with Gasteiger partial charge in [-0.3, -0.25) is 0 Å². The van der Waals surface area contributed by atoms with Crippen LogP contribution in [0.2, 0.25) is 0 Å². The highest BCUT2D eigenvalue weighted by Crippen LogP contribution is 2.23. The highest BCUT2D eigenvalue weighted by atomic mass is 16.2. The number of nitrogens with one attached hydrogen (secondary N) is 1. The highest BCUT2D eigenvalue weighted by molar-refractivity contribution is 5.75. The van der Waals surface area contributed by atoms with Crippen molar-refractivity contribution in [3.63, 3.8) is 0 Å². The van der Waals surface area contributed by atoms with Crippen molar-refractivity contribution in [2.24, 2.45) is 0 Å². The molecule has 0 saturated heterocycles. The van der Waals surface area contributed by atoms with Crippen LogP contribution in [0.3, 0.4) is 0 Å². The molecule has 2 aliphatic rings. The third kappa shape index (κ3) is 4.26. The van der Waals surface area contributed by atoms with Gasteiger partial charge in [-0.1, -0.05) is 44.6 Å². The van der Waals surface area contributed by atoms with Crippen LogP contribution >= 0.6 is 0 Å². The van der Waals surface area contributed by atoms with Gasteiger partial charge >= 0.3 is 6.03 Å². The van der Waals surface area contributed by atoms with Crippen LogP contribution in [0.25, 0.3) is 0 Å². The smallest absolute Gasteiger partial charge is 0.318 e. The van der Waals surface area contributed by atoms with Crippen LogP contribution in [0.15, 0.2) is 12.7 Å². The minimum atomic E-state index is 0.138. The van der Waals surface area contributed by atoms with E-state index in [1.807, 2.05) is 11.0 Å². The lowest BCUT2D eigenvalue weighted by Gasteiger charge is -2.35. The predicted molar refractivity (Wildman–Crippen MR) is 79.2 cm³/mol. The Morgan fingerprint density at radius 1 is 1.05 bits per heavy atom. The van der Waals surface area contributed by atoms with Gasteiger partial charge in [0.2, 0.25) is 0 Å². The summed E-state index contributed by atoms with van der Waals surface area (Å²) >= 11 is 0. The van der Waals surface area contributed by atoms with Crippen molar-refractivity contribution in [1.82, 2.24) is 10.2 Å². The maximum Gasteiger partial charge on any atom is 0.318 e. The van der Waals surface area contributed by atoms with Crippen LogP contribution in [0.4, 0.5) is 4.79 Å². The van der Waals surface area contributed by atoms with Gasteiger partial charge in [-0.05, 0) is 25.7 Å². The number of hydrogen-bond donors (Lipinski definition) is 1. The molecule has 0 atom stereocenters. The third-order valence-corrected chi connectivity index (χ3v) is 4.53. The molecule has 0 unspecified atom stereocenters. The summed E-state index contributed by atoms with van der Waals surface area (Å²) < 4.78 is 0. The molecule has 3 heteroatoms. The van der Waals surface area contributed by atoms with Gasteiger partial charge in [0.05, 0.1) is 0 Å². The zero-order chi connectivity index (χ0) is 13.5. The minimum absolute atomic E-state index is 0.138. The maximum atomic E-state index is 12.5. The Morgan fingerprint density at radius 2 is 1.63 bits per heavy atom. The third-order valence-electron chi connectivity index (χ3n) is 4.53. The van der Waals surface area contributed by atoms with E-state index >= 15 is 0 Å². The zero-order valence-corrected chi connectivity index (χ0v) is 12.1. The van der Waals surface area contributed by atoms with Crippen molar-refractivity contribution in [2.45, 2.75) is 76.3 Å². The lowest BCUT2D eigenvalue weighted by molar-refractivity contribution is 0.158. The maximum absolute atomic E-state index is 12.5. The van der Waals surface area contributed by atoms with Crippen molar-refractivity contribution in [2.75, 3.05) is 6.54 Å². The Balaban J connectivity index is 1.88. The number of urea groups is 1. The largest absolute Gasteiger partial charge is 0.335 e. The van der Waals surface area contributed by atoms with Gasteiger partial charge in [0.15, 0.2) is 0 Å². The van der Waals surface area contributed by atoms with Crippen LogP contribution in [0.1, 0.15) is 64.2 Å². The molecular formula is C16H28N2O. The molecule has 2 saturated carbocycles. The Labute approximate surface area is 117 Å². The number of hydrogen-bond acceptors (Lipinski definition) is 1. The molecule has 1 N–H and O–H groups in total. The Hall–Kier alpha value is -0.990. The van der Waals surface area contributed by atoms with Crippen LogP contribution in [-0.4, -0.2) is 29.6 Å². The SMILES string of the molecule is C=CCN(C(=O)NC1CCCCC1)C1CCCCC1. The van der Waals surface area contributed by atoms with Gasteiger partial charge in [-0.15, -0.1) is 6.58 Å². The van der Waals surface area contributed by atoms with Gasteiger partial charge in [-0.2, -0.15) is 0 Å². The fourth-order valence-corrected chi connectivity index (χ4v) is 3.43. The molecule has 2 rings (SSSR count). The number of carbonyl (C=O) groups excluding carboxylic acids is 1. The summed E-state index contributed by atoms with van der Waals surface area (Å²) in [5.41, 5.74) is 0. The normalized spacial score (nSPS) is 21.9. The molecule has 0 aliphatic heterocycles. The van der Waals surface area contributed by atoms with E-state index in [1.165, 1.54) is 38.5 Å². The molecule has 0 aromatic heterocycles. The van der Waals surface area contributed by atoms with E-state index in [0.717, 1.165) is 25.7 Å². The Morgan fingerprint density at radius 3 is 2.21 bits per heavy atom. The van der Waals surface area contributed by atoms with Gasteiger partial charge < -0.3 is 10.2 Å². The predicted octanol–water partition coefficient (Wildman–Crippen LogP) is 3.85. The first-order chi connectivity index (χ1) is 9.31. The molecule has 3 nitrogen and oxygen atoms in total. The molecule has 0 radical (unpaired) electrons. The lowest BCUT2D eigenvalue weighted by atomic mass is 9.94. The van der Waals surface area contributed by atoms with Crippen LogP contribution in [0.5, 0.6) is 0 Å². The average Bonchev–Trinajstić information content (AvgIpc) is 2.46. The minimum Gasteiger partial charge on any atom is -0.335 e. The molecule has 0 heterocycles. The second-order valence-electron chi connectivity index (χ2n) is 6.02. The second-order valence-corrected chi connectivity index (χ2v) is 6.02. The van der Waals surface area contributed by atoms with E-state index in [4.69, 9.17) is 0 Å². The molecule has 0 aromatic rings. The van der Waals surface area contributed by atoms with Crippen LogP contribution in [0, 0.1) is 0 Å². The molecule has 19 heavy (non-hydrogen) atoms. The van der Waals surface area contributed by atoms with Gasteiger partial charge in [-0.25, -0.2) is 4.79 Å². The Bertz CT molecular complexity index is 291. The summed E-state index contributed by atoms with van der Waals surface area (Å²) in [7, 11) is 0. The van der Waals surface area contributed by atoms with E-state index < -0.39 is 0 Å². The lowest BCUT2D eigenvalue weighted by Crippen LogP contribution is -2.50. The summed E-state index contributed by atoms with van der Waals surface area (Å²) in [5, 5.41) is 3.24. The molecule has 2 fully saturated rings. The highest BCUT2D eigenvalue weighted by Gasteiger charge is 2.26. The monoisotopic (exact) mass is 264 g/mol. The van der Waals surface area contributed by atoms with Crippen LogP contribution < -0.4 is 5.32 Å². The Kier molecular flexibility index (Phi) is 5.74. The quantitative estimate of drug-likeness (QED) is 0.769. The van der Waals surface area contributed by atoms with Crippen molar-refractivity contribution in [3.05, 3.63) is 12.7 Å². The van der Waals surface area contributed by atoms with E-state index in [9.17, 15) is 4.79 Å². The fraction of sp³-hybridized carbons (Fsp3) is 0.812. The molecule has 0 bridgehead atoms. The molecule has 2 aliphatic carbocycles. The van der Waals surface area contributed by atoms with E-state index in [1.54, 1.807) is 0 Å². The molecule has 0 spiro atoms. The first kappa shape index (κ1) is 14.4. The number of rotatable bonds is 4. The number of nitrogens with zero attached hydrogens (tertiary/aromatic N) is 1. The first-order valence-corrected chi connectivity index (χ1v) is 7.99. The molecular weight excluding hydrogens is 236 g/mol. The van der Waals surface area contributed by atoms with E-state index in [2.05, 4.69) is 11.9 Å². The summed E-state index contributed by atoms with van der Waals surface area (Å²) in [6.45, 7) is 4.49. The van der Waals surface area contributed by atoms with Crippen molar-refractivity contribution < 1.29 is 4.79 Å². The van der Waals surface area contributed by atoms with E-state index in [-0.39, 0.29) is 6.03 Å².